The summed E-state index contributed by atoms with van der Waals surface area (Å²) in [4.78, 5) is 0.0435. The minimum atomic E-state index is -3.80. The number of nitrogen functional groups attached to an aromatic ring is 1. The Labute approximate surface area is 120 Å². The fourth-order valence-corrected chi connectivity index (χ4v) is 3.22. The third-order valence-electron chi connectivity index (χ3n) is 2.57. The number of halogens is 1. The van der Waals surface area contributed by atoms with E-state index < -0.39 is 22.2 Å². The second-order valence-corrected chi connectivity index (χ2v) is 7.21. The lowest BCUT2D eigenvalue weighted by Gasteiger charge is -2.21. The van der Waals surface area contributed by atoms with Crippen molar-refractivity contribution in [3.8, 4) is 0 Å². The standard InChI is InChI=1S/C11H17BrN2O4S/c1-7-3-8(12)9(13)4-10(7)19(17,18)14-5-11(2,16)6-15/h3-4,14-16H,5-6,13H2,1-2H3. The van der Waals surface area contributed by atoms with Gasteiger partial charge in [-0.25, -0.2) is 13.1 Å². The van der Waals surface area contributed by atoms with E-state index >= 15 is 0 Å². The molecule has 6 nitrogen and oxygen atoms in total. The summed E-state index contributed by atoms with van der Waals surface area (Å²) in [6.07, 6.45) is 0. The van der Waals surface area contributed by atoms with Crippen LogP contribution >= 0.6 is 15.9 Å². The highest BCUT2D eigenvalue weighted by molar-refractivity contribution is 9.10. The van der Waals surface area contributed by atoms with Crippen LogP contribution in [-0.4, -0.2) is 37.4 Å². The van der Waals surface area contributed by atoms with Crippen LogP contribution in [0.25, 0.3) is 0 Å². The van der Waals surface area contributed by atoms with Gasteiger partial charge in [-0.2, -0.15) is 0 Å². The van der Waals surface area contributed by atoms with E-state index in [4.69, 9.17) is 10.8 Å². The molecule has 0 aliphatic rings. The molecule has 0 spiro atoms. The Hall–Kier alpha value is -0.670. The number of aliphatic hydroxyl groups is 2. The topological polar surface area (TPSA) is 113 Å². The van der Waals surface area contributed by atoms with Gasteiger partial charge in [0, 0.05) is 16.7 Å². The van der Waals surface area contributed by atoms with Crippen LogP contribution in [0.4, 0.5) is 5.69 Å². The van der Waals surface area contributed by atoms with Crippen LogP contribution in [0.5, 0.6) is 0 Å². The molecular weight excluding hydrogens is 336 g/mol. The number of benzene rings is 1. The molecule has 0 aromatic heterocycles. The first-order valence-corrected chi connectivity index (χ1v) is 7.75. The van der Waals surface area contributed by atoms with E-state index in [2.05, 4.69) is 20.7 Å². The normalized spacial score (nSPS) is 15.2. The first-order chi connectivity index (χ1) is 8.59. The molecule has 1 aromatic rings. The summed E-state index contributed by atoms with van der Waals surface area (Å²) in [7, 11) is -3.80. The van der Waals surface area contributed by atoms with Gasteiger partial charge in [0.05, 0.1) is 17.1 Å². The molecule has 1 aromatic carbocycles. The summed E-state index contributed by atoms with van der Waals surface area (Å²) >= 11 is 3.22. The van der Waals surface area contributed by atoms with Crippen LogP contribution < -0.4 is 10.5 Å². The van der Waals surface area contributed by atoms with Gasteiger partial charge in [-0.05, 0) is 47.5 Å². The molecule has 108 valence electrons. The molecule has 0 aliphatic heterocycles. The number of rotatable bonds is 5. The predicted molar refractivity (Wildman–Crippen MR) is 76.2 cm³/mol. The summed E-state index contributed by atoms with van der Waals surface area (Å²) < 4.78 is 27.1. The van der Waals surface area contributed by atoms with Crippen LogP contribution in [0.3, 0.4) is 0 Å². The van der Waals surface area contributed by atoms with Crippen molar-refractivity contribution in [3.63, 3.8) is 0 Å². The van der Waals surface area contributed by atoms with E-state index in [0.717, 1.165) is 0 Å². The summed E-state index contributed by atoms with van der Waals surface area (Å²) in [5, 5.41) is 18.5. The summed E-state index contributed by atoms with van der Waals surface area (Å²) in [5.74, 6) is 0. The van der Waals surface area contributed by atoms with Gasteiger partial charge < -0.3 is 15.9 Å². The molecule has 5 N–H and O–H groups in total. The third kappa shape index (κ3) is 4.15. The van der Waals surface area contributed by atoms with Gasteiger partial charge in [0.25, 0.3) is 0 Å². The smallest absolute Gasteiger partial charge is 0.241 e. The number of nitrogens with two attached hydrogens (primary N) is 1. The molecule has 0 amide bonds. The minimum absolute atomic E-state index is 0.0435. The highest BCUT2D eigenvalue weighted by Gasteiger charge is 2.24. The number of aliphatic hydroxyl groups excluding tert-OH is 1. The SMILES string of the molecule is Cc1cc(Br)c(N)cc1S(=O)(=O)NCC(C)(O)CO. The maximum atomic E-state index is 12.1. The monoisotopic (exact) mass is 352 g/mol. The van der Waals surface area contributed by atoms with E-state index in [1.165, 1.54) is 13.0 Å². The van der Waals surface area contributed by atoms with Crippen molar-refractivity contribution in [1.29, 1.82) is 0 Å². The van der Waals surface area contributed by atoms with Gasteiger partial charge >= 0.3 is 0 Å². The van der Waals surface area contributed by atoms with Gasteiger partial charge in [0.2, 0.25) is 10.0 Å². The Balaban J connectivity index is 3.05. The number of sulfonamides is 1. The highest BCUT2D eigenvalue weighted by atomic mass is 79.9. The van der Waals surface area contributed by atoms with Crippen molar-refractivity contribution in [3.05, 3.63) is 22.2 Å². The van der Waals surface area contributed by atoms with Crippen LogP contribution in [0.2, 0.25) is 0 Å². The maximum Gasteiger partial charge on any atom is 0.241 e. The Bertz CT molecular complexity index is 572. The molecule has 0 fully saturated rings. The van der Waals surface area contributed by atoms with Crippen LogP contribution in [-0.2, 0) is 10.0 Å². The van der Waals surface area contributed by atoms with E-state index in [1.807, 2.05) is 0 Å². The van der Waals surface area contributed by atoms with Crippen LogP contribution in [0, 0.1) is 6.92 Å². The predicted octanol–water partition coefficient (Wildman–Crippen LogP) is 0.361. The van der Waals surface area contributed by atoms with Crippen molar-refractivity contribution >= 4 is 31.6 Å². The van der Waals surface area contributed by atoms with Crippen molar-refractivity contribution in [2.24, 2.45) is 0 Å². The molecule has 1 rings (SSSR count). The molecule has 0 aliphatic carbocycles. The molecule has 19 heavy (non-hydrogen) atoms. The van der Waals surface area contributed by atoms with Gasteiger partial charge in [-0.15, -0.1) is 0 Å². The number of hydrogen-bond acceptors (Lipinski definition) is 5. The lowest BCUT2D eigenvalue weighted by Crippen LogP contribution is -2.43. The Morgan fingerprint density at radius 2 is 2.05 bits per heavy atom. The second kappa shape index (κ2) is 5.76. The first-order valence-electron chi connectivity index (χ1n) is 5.47. The molecule has 0 heterocycles. The fraction of sp³-hybridized carbons (Fsp3) is 0.455. The minimum Gasteiger partial charge on any atom is -0.398 e. The van der Waals surface area contributed by atoms with Crippen LogP contribution in [0.15, 0.2) is 21.5 Å². The van der Waals surface area contributed by atoms with Gasteiger partial charge in [0.1, 0.15) is 0 Å². The average molecular weight is 353 g/mol. The number of aryl methyl sites for hydroxylation is 1. The van der Waals surface area contributed by atoms with Gasteiger partial charge in [-0.1, -0.05) is 0 Å². The Morgan fingerprint density at radius 1 is 1.47 bits per heavy atom. The first kappa shape index (κ1) is 16.4. The quantitative estimate of drug-likeness (QED) is 0.571. The average Bonchev–Trinajstić information content (AvgIpc) is 2.31. The van der Waals surface area contributed by atoms with Crippen molar-refractivity contribution in [2.75, 3.05) is 18.9 Å². The summed E-state index contributed by atoms with van der Waals surface area (Å²) in [5.41, 5.74) is 4.98. The molecular formula is C11H17BrN2O4S. The Morgan fingerprint density at radius 3 is 2.58 bits per heavy atom. The lowest BCUT2D eigenvalue weighted by atomic mass is 10.1. The zero-order valence-electron chi connectivity index (χ0n) is 10.6. The molecule has 8 heteroatoms. The lowest BCUT2D eigenvalue weighted by molar-refractivity contribution is 0.00681. The zero-order chi connectivity index (χ0) is 14.8. The molecule has 0 radical (unpaired) electrons. The van der Waals surface area contributed by atoms with E-state index in [1.54, 1.807) is 13.0 Å². The second-order valence-electron chi connectivity index (χ2n) is 4.62. The zero-order valence-corrected chi connectivity index (χ0v) is 13.0. The largest absolute Gasteiger partial charge is 0.398 e. The molecule has 0 saturated carbocycles. The number of anilines is 1. The van der Waals surface area contributed by atoms with Crippen molar-refractivity contribution in [2.45, 2.75) is 24.3 Å². The number of nitrogens with one attached hydrogen (secondary N) is 1. The van der Waals surface area contributed by atoms with E-state index in [-0.39, 0.29) is 11.4 Å². The van der Waals surface area contributed by atoms with E-state index in [0.29, 0.717) is 15.7 Å². The Kier molecular flexibility index (Phi) is 4.97. The molecule has 0 bridgehead atoms. The van der Waals surface area contributed by atoms with Crippen molar-refractivity contribution in [1.82, 2.24) is 4.72 Å². The van der Waals surface area contributed by atoms with Gasteiger partial charge in [0.15, 0.2) is 0 Å². The van der Waals surface area contributed by atoms with Gasteiger partial charge in [-0.3, -0.25) is 0 Å². The summed E-state index contributed by atoms with van der Waals surface area (Å²) in [6.45, 7) is 2.14. The molecule has 0 saturated heterocycles. The number of hydrogen-bond donors (Lipinski definition) is 4. The van der Waals surface area contributed by atoms with Crippen molar-refractivity contribution < 1.29 is 18.6 Å². The molecule has 1 unspecified atom stereocenters. The van der Waals surface area contributed by atoms with Crippen LogP contribution in [0.1, 0.15) is 12.5 Å². The van der Waals surface area contributed by atoms with E-state index in [9.17, 15) is 13.5 Å². The fourth-order valence-electron chi connectivity index (χ4n) is 1.34. The third-order valence-corrected chi connectivity index (χ3v) is 4.80. The molecule has 1 atom stereocenters. The highest BCUT2D eigenvalue weighted by Crippen LogP contribution is 2.26. The maximum absolute atomic E-state index is 12.1. The summed E-state index contributed by atoms with van der Waals surface area (Å²) in [6, 6.07) is 2.95.